The maximum Gasteiger partial charge on any atom is 0.251 e. The third-order valence-electron chi connectivity index (χ3n) is 6.18. The van der Waals surface area contributed by atoms with Gasteiger partial charge >= 0.3 is 0 Å². The number of nitrogens with zero attached hydrogens (tertiary/aromatic N) is 3. The summed E-state index contributed by atoms with van der Waals surface area (Å²) in [7, 11) is 2.21. The number of carbonyl (C=O) groups excluding carboxylic acids is 1. The van der Waals surface area contributed by atoms with Gasteiger partial charge in [-0.2, -0.15) is 0 Å². The third-order valence-corrected chi connectivity index (χ3v) is 6.18. The number of carbonyl (C=O) groups is 1. The van der Waals surface area contributed by atoms with Crippen LogP contribution in [0.1, 0.15) is 47.5 Å². The normalized spacial score (nSPS) is 19.7. The van der Waals surface area contributed by atoms with E-state index < -0.39 is 0 Å². The average Bonchev–Trinajstić information content (AvgIpc) is 3.18. The zero-order chi connectivity index (χ0) is 20.9. The maximum absolute atomic E-state index is 12.5. The first-order valence-corrected chi connectivity index (χ1v) is 11.0. The number of hydrogen-bond donors (Lipinski definition) is 1. The molecule has 2 fully saturated rings. The third kappa shape index (κ3) is 5.40. The van der Waals surface area contributed by atoms with Crippen molar-refractivity contribution in [1.29, 1.82) is 0 Å². The molecule has 0 aliphatic carbocycles. The van der Waals surface area contributed by atoms with Crippen molar-refractivity contribution in [1.82, 2.24) is 20.3 Å². The quantitative estimate of drug-likeness (QED) is 0.787. The summed E-state index contributed by atoms with van der Waals surface area (Å²) in [6, 6.07) is 9.97. The largest absolute Gasteiger partial charge is 0.490 e. The summed E-state index contributed by atoms with van der Waals surface area (Å²) in [5, 5.41) is 6.70. The van der Waals surface area contributed by atoms with Gasteiger partial charge in [-0.3, -0.25) is 4.79 Å². The van der Waals surface area contributed by atoms with E-state index in [0.717, 1.165) is 43.4 Å². The van der Waals surface area contributed by atoms with E-state index in [1.165, 1.54) is 25.9 Å². The lowest BCUT2D eigenvalue weighted by atomic mass is 9.99. The fourth-order valence-electron chi connectivity index (χ4n) is 4.39. The Morgan fingerprint density at radius 1 is 1.17 bits per heavy atom. The van der Waals surface area contributed by atoms with Crippen LogP contribution in [0.5, 0.6) is 5.75 Å². The van der Waals surface area contributed by atoms with E-state index in [2.05, 4.69) is 27.3 Å². The van der Waals surface area contributed by atoms with Crippen LogP contribution < -0.4 is 10.1 Å². The van der Waals surface area contributed by atoms with Gasteiger partial charge in [0.1, 0.15) is 11.9 Å². The van der Waals surface area contributed by atoms with Crippen molar-refractivity contribution in [2.24, 2.45) is 0 Å². The Labute approximate surface area is 178 Å². The summed E-state index contributed by atoms with van der Waals surface area (Å²) in [4.78, 5) is 17.5. The van der Waals surface area contributed by atoms with Crippen LogP contribution in [0.3, 0.4) is 0 Å². The molecule has 1 aromatic carbocycles. The molecule has 1 amide bonds. The first-order valence-electron chi connectivity index (χ1n) is 11.0. The molecule has 162 valence electrons. The van der Waals surface area contributed by atoms with Gasteiger partial charge in [0.2, 0.25) is 0 Å². The fraction of sp³-hybridized carbons (Fsp3) is 0.565. The van der Waals surface area contributed by atoms with Crippen LogP contribution in [-0.2, 0) is 6.54 Å². The Morgan fingerprint density at radius 2 is 1.93 bits per heavy atom. The van der Waals surface area contributed by atoms with E-state index in [1.807, 2.05) is 31.2 Å². The minimum atomic E-state index is -0.147. The lowest BCUT2D eigenvalue weighted by Crippen LogP contribution is -2.48. The van der Waals surface area contributed by atoms with Gasteiger partial charge in [0, 0.05) is 30.8 Å². The van der Waals surface area contributed by atoms with Crippen molar-refractivity contribution >= 4 is 5.91 Å². The molecule has 2 saturated heterocycles. The first kappa shape index (κ1) is 20.9. The van der Waals surface area contributed by atoms with Crippen LogP contribution in [0.15, 0.2) is 34.9 Å². The van der Waals surface area contributed by atoms with Crippen LogP contribution >= 0.6 is 0 Å². The van der Waals surface area contributed by atoms with Crippen LogP contribution in [0.25, 0.3) is 0 Å². The molecular weight excluding hydrogens is 380 g/mol. The Hall–Kier alpha value is -2.38. The van der Waals surface area contributed by atoms with E-state index in [1.54, 1.807) is 6.07 Å². The number of piperidine rings is 2. The second-order valence-corrected chi connectivity index (χ2v) is 8.53. The Bertz CT molecular complexity index is 836. The highest BCUT2D eigenvalue weighted by Gasteiger charge is 2.28. The van der Waals surface area contributed by atoms with Gasteiger partial charge in [0.25, 0.3) is 5.91 Å². The number of nitrogens with one attached hydrogen (secondary N) is 1. The lowest BCUT2D eigenvalue weighted by Gasteiger charge is -2.41. The lowest BCUT2D eigenvalue weighted by molar-refractivity contribution is 0.0525. The highest BCUT2D eigenvalue weighted by Crippen LogP contribution is 2.24. The Kier molecular flexibility index (Phi) is 6.69. The number of ether oxygens (including phenoxy) is 1. The average molecular weight is 413 g/mol. The van der Waals surface area contributed by atoms with Crippen molar-refractivity contribution in [2.45, 2.75) is 51.3 Å². The van der Waals surface area contributed by atoms with Gasteiger partial charge in [0.15, 0.2) is 5.76 Å². The van der Waals surface area contributed by atoms with Crippen molar-refractivity contribution in [2.75, 3.05) is 33.2 Å². The molecule has 0 radical (unpaired) electrons. The molecule has 7 nitrogen and oxygen atoms in total. The van der Waals surface area contributed by atoms with E-state index >= 15 is 0 Å². The predicted molar refractivity (Wildman–Crippen MR) is 115 cm³/mol. The number of benzene rings is 1. The standard InChI is InChI=1S/C23H32N4O3/c1-17-14-22(30-25-17)16-24-23(28)18-4-3-5-21(15-18)29-20-8-12-27(13-9-20)19-6-10-26(2)11-7-19/h3-5,14-15,19-20H,6-13,16H2,1-2H3,(H,24,28). The summed E-state index contributed by atoms with van der Waals surface area (Å²) in [5.74, 6) is 1.26. The van der Waals surface area contributed by atoms with E-state index in [9.17, 15) is 4.79 Å². The second kappa shape index (κ2) is 9.62. The summed E-state index contributed by atoms with van der Waals surface area (Å²) < 4.78 is 11.4. The van der Waals surface area contributed by atoms with Gasteiger partial charge in [-0.25, -0.2) is 0 Å². The molecule has 2 aliphatic rings. The molecule has 30 heavy (non-hydrogen) atoms. The predicted octanol–water partition coefficient (Wildman–Crippen LogP) is 2.85. The monoisotopic (exact) mass is 412 g/mol. The molecule has 7 heteroatoms. The van der Waals surface area contributed by atoms with Gasteiger partial charge in [0.05, 0.1) is 12.2 Å². The molecule has 2 aliphatic heterocycles. The van der Waals surface area contributed by atoms with E-state index in [4.69, 9.17) is 9.26 Å². The zero-order valence-corrected chi connectivity index (χ0v) is 18.0. The van der Waals surface area contributed by atoms with Crippen molar-refractivity contribution in [3.63, 3.8) is 0 Å². The number of likely N-dealkylation sites (tertiary alicyclic amines) is 2. The number of hydrogen-bond acceptors (Lipinski definition) is 6. The highest BCUT2D eigenvalue weighted by molar-refractivity contribution is 5.94. The minimum Gasteiger partial charge on any atom is -0.490 e. The topological polar surface area (TPSA) is 70.8 Å². The summed E-state index contributed by atoms with van der Waals surface area (Å²) in [5.41, 5.74) is 1.39. The molecule has 1 N–H and O–H groups in total. The molecule has 0 saturated carbocycles. The number of aromatic nitrogens is 1. The van der Waals surface area contributed by atoms with E-state index in [-0.39, 0.29) is 12.0 Å². The number of amides is 1. The number of rotatable bonds is 6. The molecule has 0 bridgehead atoms. The molecule has 2 aromatic rings. The van der Waals surface area contributed by atoms with Crippen molar-refractivity contribution in [3.05, 3.63) is 47.3 Å². The summed E-state index contributed by atoms with van der Waals surface area (Å²) in [6.45, 7) is 6.76. The zero-order valence-electron chi connectivity index (χ0n) is 18.0. The van der Waals surface area contributed by atoms with Crippen LogP contribution in [0, 0.1) is 6.92 Å². The molecule has 0 spiro atoms. The molecular formula is C23H32N4O3. The Balaban J connectivity index is 1.25. The summed E-state index contributed by atoms with van der Waals surface area (Å²) in [6.07, 6.45) is 4.82. The van der Waals surface area contributed by atoms with Gasteiger partial charge < -0.3 is 24.4 Å². The fourth-order valence-corrected chi connectivity index (χ4v) is 4.39. The first-order chi connectivity index (χ1) is 14.6. The Morgan fingerprint density at radius 3 is 2.63 bits per heavy atom. The van der Waals surface area contributed by atoms with Gasteiger partial charge in [-0.1, -0.05) is 11.2 Å². The number of aryl methyl sites for hydroxylation is 1. The van der Waals surface area contributed by atoms with Gasteiger partial charge in [-0.05, 0) is 70.9 Å². The van der Waals surface area contributed by atoms with Crippen molar-refractivity contribution in [3.8, 4) is 5.75 Å². The highest BCUT2D eigenvalue weighted by atomic mass is 16.5. The van der Waals surface area contributed by atoms with E-state index in [0.29, 0.717) is 17.9 Å². The smallest absolute Gasteiger partial charge is 0.251 e. The van der Waals surface area contributed by atoms with Crippen LogP contribution in [0.2, 0.25) is 0 Å². The molecule has 1 aromatic heterocycles. The SMILES string of the molecule is Cc1cc(CNC(=O)c2cccc(OC3CCN(C4CCN(C)CC4)CC3)c2)on1. The minimum absolute atomic E-state index is 0.147. The second-order valence-electron chi connectivity index (χ2n) is 8.53. The maximum atomic E-state index is 12.5. The van der Waals surface area contributed by atoms with Gasteiger partial charge in [-0.15, -0.1) is 0 Å². The molecule has 3 heterocycles. The molecule has 0 unspecified atom stereocenters. The molecule has 0 atom stereocenters. The van der Waals surface area contributed by atoms with Crippen LogP contribution in [-0.4, -0.2) is 66.2 Å². The van der Waals surface area contributed by atoms with Crippen LogP contribution in [0.4, 0.5) is 0 Å². The summed E-state index contributed by atoms with van der Waals surface area (Å²) >= 11 is 0. The molecule has 4 rings (SSSR count). The van der Waals surface area contributed by atoms with Crippen molar-refractivity contribution < 1.29 is 14.1 Å².